The van der Waals surface area contributed by atoms with Gasteiger partial charge in [0.05, 0.1) is 0 Å². The second-order valence-electron chi connectivity index (χ2n) is 1.74. The Hall–Kier alpha value is -0.900. The molecule has 0 fully saturated rings. The predicted molar refractivity (Wildman–Crippen MR) is 49.0 cm³/mol. The average Bonchev–Trinajstić information content (AvgIpc) is 1.89. The monoisotopic (exact) mass is 177 g/mol. The Balaban J connectivity index is -0.000000405. The van der Waals surface area contributed by atoms with E-state index in [9.17, 15) is 9.59 Å². The molecule has 0 bridgehead atoms. The molecule has 0 rings (SSSR count). The highest BCUT2D eigenvalue weighted by atomic mass is 16.5. The summed E-state index contributed by atoms with van der Waals surface area (Å²) >= 11 is 0. The van der Waals surface area contributed by atoms with Crippen LogP contribution in [-0.2, 0) is 14.3 Å². The Labute approximate surface area is 74.3 Å². The Morgan fingerprint density at radius 2 is 2.08 bits per heavy atom. The summed E-state index contributed by atoms with van der Waals surface area (Å²) < 4.78 is 4.53. The van der Waals surface area contributed by atoms with Crippen LogP contribution in [0, 0.1) is 0 Å². The van der Waals surface area contributed by atoms with E-state index in [1.807, 2.05) is 0 Å². The molecule has 0 aliphatic rings. The van der Waals surface area contributed by atoms with Crippen molar-refractivity contribution < 1.29 is 14.3 Å². The highest BCUT2D eigenvalue weighted by Crippen LogP contribution is 1.70. The molecule has 0 unspecified atom stereocenters. The molecule has 4 heteroatoms. The first-order chi connectivity index (χ1) is 4.81. The first-order valence-corrected chi connectivity index (χ1v) is 3.00. The Bertz CT molecular complexity index is 115. The van der Waals surface area contributed by atoms with Gasteiger partial charge in [-0.15, -0.1) is 0 Å². The van der Waals surface area contributed by atoms with Gasteiger partial charge >= 0.3 is 0 Å². The molecule has 0 heterocycles. The van der Waals surface area contributed by atoms with E-state index in [0.717, 1.165) is 6.29 Å². The average molecular weight is 177 g/mol. The van der Waals surface area contributed by atoms with E-state index in [0.29, 0.717) is 13.0 Å². The zero-order chi connectivity index (χ0) is 7.82. The van der Waals surface area contributed by atoms with Crippen LogP contribution in [0.15, 0.2) is 0 Å². The van der Waals surface area contributed by atoms with Crippen LogP contribution in [0.25, 0.3) is 0 Å². The van der Waals surface area contributed by atoms with Gasteiger partial charge in [-0.3, -0.25) is 4.79 Å². The van der Waals surface area contributed by atoms with Gasteiger partial charge in [0, 0.05) is 20.1 Å². The van der Waals surface area contributed by atoms with Crippen LogP contribution in [0.5, 0.6) is 0 Å². The molecular weight excluding hydrogens is 158 g/mol. The van der Waals surface area contributed by atoms with Crippen LogP contribution in [0.4, 0.5) is 0 Å². The van der Waals surface area contributed by atoms with Gasteiger partial charge in [0.1, 0.15) is 12.9 Å². The van der Waals surface area contributed by atoms with Crippen LogP contribution in [0.2, 0.25) is 0 Å². The minimum absolute atomic E-state index is 0. The number of hydrogen-bond donors (Lipinski definition) is 1. The van der Waals surface area contributed by atoms with Crippen LogP contribution in [-0.4, -0.2) is 32.5 Å². The number of methoxy groups -OCH3 is 1. The molecule has 4 nitrogen and oxygen atoms in total. The summed E-state index contributed by atoms with van der Waals surface area (Å²) in [6.07, 6.45) is 1.11. The second-order valence-corrected chi connectivity index (χ2v) is 1.74. The number of carbonyl (C=O) groups is 2. The fourth-order valence-electron chi connectivity index (χ4n) is 0.453. The van der Waals surface area contributed by atoms with Crippen molar-refractivity contribution in [2.75, 3.05) is 20.3 Å². The van der Waals surface area contributed by atoms with Crippen LogP contribution >= 0.6 is 0 Å². The standard InChI is InChI=1S/C6H11NO3.2CH4/c1-10-5-6(9)7-3-2-4-8;;/h4H,2-3,5H2,1H3,(H,7,9);2*1H4. The van der Waals surface area contributed by atoms with Crippen molar-refractivity contribution in [1.82, 2.24) is 5.32 Å². The molecule has 0 aliphatic heterocycles. The van der Waals surface area contributed by atoms with Crippen molar-refractivity contribution in [2.24, 2.45) is 0 Å². The lowest BCUT2D eigenvalue weighted by atomic mass is 10.4. The van der Waals surface area contributed by atoms with Crippen molar-refractivity contribution in [3.05, 3.63) is 0 Å². The van der Waals surface area contributed by atoms with Gasteiger partial charge < -0.3 is 14.8 Å². The molecule has 74 valence electrons. The Morgan fingerprint density at radius 1 is 1.50 bits per heavy atom. The van der Waals surface area contributed by atoms with Crippen molar-refractivity contribution >= 4 is 12.2 Å². The zero-order valence-corrected chi connectivity index (χ0v) is 5.92. The SMILES string of the molecule is C.C.COCC(=O)NCCC=O. The van der Waals surface area contributed by atoms with E-state index in [1.165, 1.54) is 7.11 Å². The van der Waals surface area contributed by atoms with E-state index in [-0.39, 0.29) is 27.4 Å². The van der Waals surface area contributed by atoms with Gasteiger partial charge in [-0.25, -0.2) is 0 Å². The minimum Gasteiger partial charge on any atom is -0.375 e. The lowest BCUT2D eigenvalue weighted by Crippen LogP contribution is -2.28. The first-order valence-electron chi connectivity index (χ1n) is 3.00. The van der Waals surface area contributed by atoms with Gasteiger partial charge in [-0.2, -0.15) is 0 Å². The molecule has 0 aromatic carbocycles. The normalized spacial score (nSPS) is 7.42. The molecule has 0 aliphatic carbocycles. The van der Waals surface area contributed by atoms with E-state index in [1.54, 1.807) is 0 Å². The Morgan fingerprint density at radius 3 is 2.50 bits per heavy atom. The topological polar surface area (TPSA) is 55.4 Å². The van der Waals surface area contributed by atoms with Gasteiger partial charge in [0.2, 0.25) is 5.91 Å². The molecule has 0 radical (unpaired) electrons. The van der Waals surface area contributed by atoms with E-state index in [4.69, 9.17) is 0 Å². The lowest BCUT2D eigenvalue weighted by Gasteiger charge is -1.99. The molecule has 0 saturated carbocycles. The van der Waals surface area contributed by atoms with E-state index in [2.05, 4.69) is 10.1 Å². The van der Waals surface area contributed by atoms with Crippen molar-refractivity contribution in [1.29, 1.82) is 0 Å². The summed E-state index contributed by atoms with van der Waals surface area (Å²) in [5.41, 5.74) is 0. The molecule has 0 saturated heterocycles. The molecule has 0 spiro atoms. The molecule has 0 aromatic heterocycles. The highest BCUT2D eigenvalue weighted by molar-refractivity contribution is 5.77. The summed E-state index contributed by atoms with van der Waals surface area (Å²) in [6, 6.07) is 0. The van der Waals surface area contributed by atoms with Gasteiger partial charge in [-0.1, -0.05) is 14.9 Å². The quantitative estimate of drug-likeness (QED) is 0.494. The summed E-state index contributed by atoms with van der Waals surface area (Å²) in [5.74, 6) is -0.190. The third kappa shape index (κ3) is 11.8. The van der Waals surface area contributed by atoms with Gasteiger partial charge in [0.25, 0.3) is 0 Å². The summed E-state index contributed by atoms with van der Waals surface area (Å²) in [4.78, 5) is 20.3. The molecule has 0 aromatic rings. The first kappa shape index (κ1) is 17.3. The molecule has 1 N–H and O–H groups in total. The van der Waals surface area contributed by atoms with Crippen LogP contribution in [0.3, 0.4) is 0 Å². The van der Waals surface area contributed by atoms with Crippen LogP contribution < -0.4 is 5.32 Å². The fraction of sp³-hybridized carbons (Fsp3) is 0.750. The van der Waals surface area contributed by atoms with Gasteiger partial charge in [0.15, 0.2) is 0 Å². The number of amides is 1. The van der Waals surface area contributed by atoms with Crippen molar-refractivity contribution in [2.45, 2.75) is 21.3 Å². The van der Waals surface area contributed by atoms with E-state index < -0.39 is 0 Å². The van der Waals surface area contributed by atoms with E-state index >= 15 is 0 Å². The summed E-state index contributed by atoms with van der Waals surface area (Å²) in [7, 11) is 1.44. The minimum atomic E-state index is -0.190. The number of carbonyl (C=O) groups excluding carboxylic acids is 2. The smallest absolute Gasteiger partial charge is 0.245 e. The van der Waals surface area contributed by atoms with Crippen molar-refractivity contribution in [3.63, 3.8) is 0 Å². The largest absolute Gasteiger partial charge is 0.375 e. The Kier molecular flexibility index (Phi) is 18.3. The summed E-state index contributed by atoms with van der Waals surface area (Å²) in [6.45, 7) is 0.449. The van der Waals surface area contributed by atoms with Crippen LogP contribution in [0.1, 0.15) is 21.3 Å². The zero-order valence-electron chi connectivity index (χ0n) is 5.92. The second kappa shape index (κ2) is 12.7. The molecular formula is C8H19NO3. The van der Waals surface area contributed by atoms with Crippen molar-refractivity contribution in [3.8, 4) is 0 Å². The highest BCUT2D eigenvalue weighted by Gasteiger charge is 1.96. The lowest BCUT2D eigenvalue weighted by molar-refractivity contribution is -0.124. The fourth-order valence-corrected chi connectivity index (χ4v) is 0.453. The molecule has 1 amide bonds. The summed E-state index contributed by atoms with van der Waals surface area (Å²) in [5, 5.41) is 2.49. The maximum atomic E-state index is 10.6. The molecule has 12 heavy (non-hydrogen) atoms. The van der Waals surface area contributed by atoms with Gasteiger partial charge in [-0.05, 0) is 0 Å². The maximum Gasteiger partial charge on any atom is 0.245 e. The number of aldehydes is 1. The number of rotatable bonds is 5. The number of ether oxygens (including phenoxy) is 1. The third-order valence-corrected chi connectivity index (χ3v) is 0.860. The predicted octanol–water partition coefficient (Wildman–Crippen LogP) is 0.610. The number of hydrogen-bond acceptors (Lipinski definition) is 3. The third-order valence-electron chi connectivity index (χ3n) is 0.860. The maximum absolute atomic E-state index is 10.6. The number of nitrogens with one attached hydrogen (secondary N) is 1. The molecule has 0 atom stereocenters.